The van der Waals surface area contributed by atoms with E-state index in [1.807, 2.05) is 67.7 Å². The largest absolute Gasteiger partial charge is 0.291 e. The van der Waals surface area contributed by atoms with Crippen molar-refractivity contribution >= 4 is 22.4 Å². The zero-order chi connectivity index (χ0) is 23.9. The van der Waals surface area contributed by atoms with Gasteiger partial charge in [-0.05, 0) is 55.0 Å². The van der Waals surface area contributed by atoms with Gasteiger partial charge in [-0.2, -0.15) is 14.6 Å². The summed E-state index contributed by atoms with van der Waals surface area (Å²) >= 11 is 1.28. The van der Waals surface area contributed by atoms with Crippen molar-refractivity contribution in [3.8, 4) is 28.3 Å². The number of fused-ring (bicyclic) bond motifs is 1. The van der Waals surface area contributed by atoms with Crippen molar-refractivity contribution in [3.63, 3.8) is 0 Å². The van der Waals surface area contributed by atoms with Crippen LogP contribution >= 0.6 is 11.3 Å². The van der Waals surface area contributed by atoms with Gasteiger partial charge < -0.3 is 0 Å². The second-order valence-electron chi connectivity index (χ2n) is 8.08. The second-order valence-corrected chi connectivity index (χ2v) is 9.09. The van der Waals surface area contributed by atoms with Gasteiger partial charge in [-0.25, -0.2) is 9.07 Å². The first kappa shape index (κ1) is 21.1. The summed E-state index contributed by atoms with van der Waals surface area (Å²) in [5, 5.41) is 9.21. The number of benzene rings is 3. The molecule has 0 unspecified atom stereocenters. The molecule has 0 N–H and O–H groups in total. The molecule has 8 heteroatoms. The minimum Gasteiger partial charge on any atom is -0.266 e. The standard InChI is InChI=1S/C27H18FN5OS/c1-17-7-5-6-10-22(17)25-29-27-33(31-25)26(34)23(35-27)15-19-16-32(21-8-3-2-4-9-21)30-24(19)18-11-13-20(28)14-12-18/h2-16H,1H3/b23-15-. The van der Waals surface area contributed by atoms with E-state index in [-0.39, 0.29) is 11.4 Å². The Morgan fingerprint density at radius 3 is 2.40 bits per heavy atom. The summed E-state index contributed by atoms with van der Waals surface area (Å²) in [6, 6.07) is 23.7. The summed E-state index contributed by atoms with van der Waals surface area (Å²) in [7, 11) is 0. The van der Waals surface area contributed by atoms with E-state index < -0.39 is 0 Å². The first-order valence-corrected chi connectivity index (χ1v) is 11.8. The third-order valence-corrected chi connectivity index (χ3v) is 6.69. The predicted octanol–water partition coefficient (Wildman–Crippen LogP) is 4.67. The molecule has 170 valence electrons. The molecule has 0 amide bonds. The number of aryl methyl sites for hydroxylation is 1. The van der Waals surface area contributed by atoms with Gasteiger partial charge in [0.2, 0.25) is 4.96 Å². The molecular formula is C27H18FN5OS. The van der Waals surface area contributed by atoms with Crippen LogP contribution in [0.2, 0.25) is 0 Å². The van der Waals surface area contributed by atoms with Crippen LogP contribution in [0, 0.1) is 12.7 Å². The zero-order valence-electron chi connectivity index (χ0n) is 18.6. The van der Waals surface area contributed by atoms with Crippen molar-refractivity contribution in [1.82, 2.24) is 24.4 Å². The van der Waals surface area contributed by atoms with Crippen molar-refractivity contribution in [2.24, 2.45) is 0 Å². The number of hydrogen-bond donors (Lipinski definition) is 0. The van der Waals surface area contributed by atoms with Gasteiger partial charge in [0.05, 0.1) is 10.2 Å². The summed E-state index contributed by atoms with van der Waals surface area (Å²) in [4.78, 5) is 18.3. The smallest absolute Gasteiger partial charge is 0.266 e. The Labute approximate surface area is 203 Å². The van der Waals surface area contributed by atoms with E-state index in [0.29, 0.717) is 21.0 Å². The maximum absolute atomic E-state index is 13.5. The lowest BCUT2D eigenvalue weighted by Crippen LogP contribution is -2.23. The van der Waals surface area contributed by atoms with Gasteiger partial charge in [0.25, 0.3) is 5.56 Å². The van der Waals surface area contributed by atoms with Crippen molar-refractivity contribution in [1.29, 1.82) is 0 Å². The first-order chi connectivity index (χ1) is 17.1. The van der Waals surface area contributed by atoms with Crippen LogP contribution in [0.15, 0.2) is 89.9 Å². The van der Waals surface area contributed by atoms with Crippen LogP contribution in [0.1, 0.15) is 11.1 Å². The highest BCUT2D eigenvalue weighted by molar-refractivity contribution is 7.15. The molecule has 0 aliphatic rings. The molecule has 0 radical (unpaired) electrons. The Hall–Kier alpha value is -4.43. The lowest BCUT2D eigenvalue weighted by atomic mass is 10.1. The molecule has 6 aromatic rings. The van der Waals surface area contributed by atoms with Crippen LogP contribution in [0.25, 0.3) is 39.4 Å². The quantitative estimate of drug-likeness (QED) is 0.369. The number of thiazole rings is 1. The number of nitrogens with zero attached hydrogens (tertiary/aromatic N) is 5. The van der Waals surface area contributed by atoms with Gasteiger partial charge in [-0.15, -0.1) is 5.10 Å². The fourth-order valence-corrected chi connectivity index (χ4v) is 4.85. The molecule has 0 aliphatic heterocycles. The average molecular weight is 480 g/mol. The summed E-state index contributed by atoms with van der Waals surface area (Å²) < 4.78 is 17.1. The monoisotopic (exact) mass is 479 g/mol. The maximum Gasteiger partial charge on any atom is 0.291 e. The first-order valence-electron chi connectivity index (χ1n) is 11.0. The molecule has 3 aromatic carbocycles. The Morgan fingerprint density at radius 1 is 0.914 bits per heavy atom. The third-order valence-electron chi connectivity index (χ3n) is 5.74. The van der Waals surface area contributed by atoms with Crippen LogP contribution in [-0.2, 0) is 0 Å². The van der Waals surface area contributed by atoms with Crippen molar-refractivity contribution < 1.29 is 4.39 Å². The van der Waals surface area contributed by atoms with Gasteiger partial charge in [0, 0.05) is 22.9 Å². The fraction of sp³-hybridized carbons (Fsp3) is 0.0370. The number of para-hydroxylation sites is 1. The number of hydrogen-bond acceptors (Lipinski definition) is 5. The molecule has 3 heterocycles. The molecule has 35 heavy (non-hydrogen) atoms. The molecule has 0 atom stereocenters. The highest BCUT2D eigenvalue weighted by Crippen LogP contribution is 2.25. The highest BCUT2D eigenvalue weighted by Gasteiger charge is 2.15. The van der Waals surface area contributed by atoms with Gasteiger partial charge in [0.1, 0.15) is 11.5 Å². The van der Waals surface area contributed by atoms with Gasteiger partial charge in [0.15, 0.2) is 5.82 Å². The minimum absolute atomic E-state index is 0.241. The summed E-state index contributed by atoms with van der Waals surface area (Å²) in [5.74, 6) is 0.209. The molecule has 0 bridgehead atoms. The molecule has 0 fully saturated rings. The van der Waals surface area contributed by atoms with Gasteiger partial charge in [-0.1, -0.05) is 53.8 Å². The molecule has 6 nitrogen and oxygen atoms in total. The Morgan fingerprint density at radius 2 is 1.66 bits per heavy atom. The average Bonchev–Trinajstić information content (AvgIpc) is 3.56. The van der Waals surface area contributed by atoms with Crippen LogP contribution in [0.3, 0.4) is 0 Å². The summed E-state index contributed by atoms with van der Waals surface area (Å²) in [5.41, 5.74) is 4.71. The minimum atomic E-state index is -0.321. The Balaban J connectivity index is 1.50. The Bertz CT molecular complexity index is 1790. The molecule has 0 saturated heterocycles. The summed E-state index contributed by atoms with van der Waals surface area (Å²) in [6.07, 6.45) is 3.66. The van der Waals surface area contributed by atoms with Crippen molar-refractivity contribution in [3.05, 3.63) is 117 Å². The van der Waals surface area contributed by atoms with Gasteiger partial charge >= 0.3 is 0 Å². The van der Waals surface area contributed by atoms with E-state index in [1.54, 1.807) is 22.9 Å². The normalized spacial score (nSPS) is 12.0. The van der Waals surface area contributed by atoms with E-state index in [4.69, 9.17) is 5.10 Å². The molecular weight excluding hydrogens is 461 g/mol. The van der Waals surface area contributed by atoms with Crippen molar-refractivity contribution in [2.75, 3.05) is 0 Å². The Kier molecular flexibility index (Phi) is 5.08. The second kappa shape index (κ2) is 8.41. The molecule has 0 aliphatic carbocycles. The van der Waals surface area contributed by atoms with E-state index in [2.05, 4.69) is 10.1 Å². The highest BCUT2D eigenvalue weighted by atomic mass is 32.1. The van der Waals surface area contributed by atoms with Crippen LogP contribution < -0.4 is 10.1 Å². The molecule has 0 spiro atoms. The SMILES string of the molecule is Cc1ccccc1-c1nc2s/c(=C\c3cn(-c4ccccc4)nc3-c3ccc(F)cc3)c(=O)n2n1. The van der Waals surface area contributed by atoms with E-state index in [1.165, 1.54) is 28.0 Å². The van der Waals surface area contributed by atoms with Crippen LogP contribution in [-0.4, -0.2) is 24.4 Å². The van der Waals surface area contributed by atoms with Gasteiger partial charge in [-0.3, -0.25) is 4.79 Å². The van der Waals surface area contributed by atoms with Crippen LogP contribution in [0.4, 0.5) is 4.39 Å². The van der Waals surface area contributed by atoms with Crippen molar-refractivity contribution in [2.45, 2.75) is 6.92 Å². The molecule has 0 saturated carbocycles. The predicted molar refractivity (Wildman–Crippen MR) is 135 cm³/mol. The number of halogens is 1. The molecule has 6 rings (SSSR count). The lowest BCUT2D eigenvalue weighted by molar-refractivity contribution is 0.628. The number of aromatic nitrogens is 5. The fourth-order valence-electron chi connectivity index (χ4n) is 3.95. The third kappa shape index (κ3) is 3.83. The van der Waals surface area contributed by atoms with E-state index >= 15 is 0 Å². The maximum atomic E-state index is 13.5. The molecule has 3 aromatic heterocycles. The lowest BCUT2D eigenvalue weighted by Gasteiger charge is -2.00. The van der Waals surface area contributed by atoms with E-state index in [9.17, 15) is 9.18 Å². The van der Waals surface area contributed by atoms with E-state index in [0.717, 1.165) is 27.9 Å². The zero-order valence-corrected chi connectivity index (χ0v) is 19.4. The van der Waals surface area contributed by atoms with Crippen LogP contribution in [0.5, 0.6) is 0 Å². The summed E-state index contributed by atoms with van der Waals surface area (Å²) in [6.45, 7) is 1.99. The number of rotatable bonds is 4. The topological polar surface area (TPSA) is 65.1 Å².